The Morgan fingerprint density at radius 3 is 2.42 bits per heavy atom. The number of hydrogen-bond donors (Lipinski definition) is 0. The van der Waals surface area contributed by atoms with Crippen molar-refractivity contribution in [2.24, 2.45) is 17.8 Å². The van der Waals surface area contributed by atoms with Gasteiger partial charge in [0.15, 0.2) is 0 Å². The van der Waals surface area contributed by atoms with Crippen molar-refractivity contribution in [3.05, 3.63) is 17.8 Å². The van der Waals surface area contributed by atoms with Gasteiger partial charge in [0, 0.05) is 19.2 Å². The Morgan fingerprint density at radius 2 is 1.88 bits per heavy atom. The summed E-state index contributed by atoms with van der Waals surface area (Å²) in [7, 11) is 0. The maximum Gasteiger partial charge on any atom is 0.410 e. The lowest BCUT2D eigenvalue weighted by atomic mass is 10.0. The summed E-state index contributed by atoms with van der Waals surface area (Å²) < 4.78 is 11.2. The first-order valence-electron chi connectivity index (χ1n) is 8.71. The minimum Gasteiger partial charge on any atom is -0.476 e. The van der Waals surface area contributed by atoms with Crippen LogP contribution < -0.4 is 4.74 Å². The van der Waals surface area contributed by atoms with E-state index in [2.05, 4.69) is 10.2 Å². The summed E-state index contributed by atoms with van der Waals surface area (Å²) in [5, 5.41) is 8.05. The van der Waals surface area contributed by atoms with Gasteiger partial charge < -0.3 is 14.4 Å². The number of aryl methyl sites for hydroxylation is 1. The number of nitrogens with zero attached hydrogens (tertiary/aromatic N) is 3. The molecule has 1 aliphatic heterocycles. The summed E-state index contributed by atoms with van der Waals surface area (Å²) in [5.74, 6) is 2.25. The number of likely N-dealkylation sites (tertiary alicyclic amines) is 1. The maximum atomic E-state index is 12.2. The van der Waals surface area contributed by atoms with Gasteiger partial charge in [-0.15, -0.1) is 5.10 Å². The van der Waals surface area contributed by atoms with Gasteiger partial charge in [-0.3, -0.25) is 0 Å². The monoisotopic (exact) mass is 333 g/mol. The first-order chi connectivity index (χ1) is 11.3. The highest BCUT2D eigenvalue weighted by atomic mass is 16.6. The zero-order valence-corrected chi connectivity index (χ0v) is 15.0. The molecule has 0 bridgehead atoms. The van der Waals surface area contributed by atoms with E-state index in [-0.39, 0.29) is 6.09 Å². The molecule has 2 unspecified atom stereocenters. The summed E-state index contributed by atoms with van der Waals surface area (Å²) in [6.45, 7) is 9.92. The number of ether oxygens (including phenoxy) is 2. The Labute approximate surface area is 143 Å². The molecule has 0 N–H and O–H groups in total. The lowest BCUT2D eigenvalue weighted by molar-refractivity contribution is 0.0276. The minimum atomic E-state index is -0.430. The molecule has 1 saturated heterocycles. The fourth-order valence-electron chi connectivity index (χ4n) is 3.70. The van der Waals surface area contributed by atoms with E-state index in [1.54, 1.807) is 0 Å². The van der Waals surface area contributed by atoms with Gasteiger partial charge in [-0.2, -0.15) is 5.10 Å². The largest absolute Gasteiger partial charge is 0.476 e. The van der Waals surface area contributed by atoms with Crippen molar-refractivity contribution in [3.8, 4) is 5.88 Å². The lowest BCUT2D eigenvalue weighted by Crippen LogP contribution is -2.36. The standard InChI is InChI=1S/C18H27N3O3/c1-12-5-6-16(20-19-12)23-11-13-7-14-9-21(10-15(14)8-13)17(22)24-18(2,3)4/h5-6,13-15H,7-11H2,1-4H3/t13?,14-,15?/m1/s1. The molecule has 0 radical (unpaired) electrons. The van der Waals surface area contributed by atoms with Gasteiger partial charge in [0.05, 0.1) is 12.3 Å². The zero-order chi connectivity index (χ0) is 17.3. The molecule has 0 aromatic carbocycles. The molecule has 2 fully saturated rings. The van der Waals surface area contributed by atoms with E-state index < -0.39 is 5.60 Å². The van der Waals surface area contributed by atoms with Crippen LogP contribution in [0.5, 0.6) is 5.88 Å². The second-order valence-electron chi connectivity index (χ2n) is 8.07. The molecule has 1 aliphatic carbocycles. The van der Waals surface area contributed by atoms with Crippen LogP contribution in [0.3, 0.4) is 0 Å². The number of hydrogen-bond acceptors (Lipinski definition) is 5. The van der Waals surface area contributed by atoms with Gasteiger partial charge >= 0.3 is 6.09 Å². The SMILES string of the molecule is Cc1ccc(OCC2CC3CN(C(=O)OC(C)(C)C)C[C@H]3C2)nn1. The van der Waals surface area contributed by atoms with Crippen LogP contribution in [0.4, 0.5) is 4.79 Å². The summed E-state index contributed by atoms with van der Waals surface area (Å²) in [5.41, 5.74) is 0.459. The zero-order valence-electron chi connectivity index (χ0n) is 15.0. The molecule has 2 aliphatic rings. The van der Waals surface area contributed by atoms with Crippen LogP contribution in [-0.4, -0.2) is 46.5 Å². The van der Waals surface area contributed by atoms with Crippen molar-refractivity contribution >= 4 is 6.09 Å². The first kappa shape index (κ1) is 17.0. The molecule has 1 amide bonds. The summed E-state index contributed by atoms with van der Waals surface area (Å²) in [4.78, 5) is 14.0. The Morgan fingerprint density at radius 1 is 1.21 bits per heavy atom. The van der Waals surface area contributed by atoms with Crippen molar-refractivity contribution in [1.82, 2.24) is 15.1 Å². The predicted octanol–water partition coefficient (Wildman–Crippen LogP) is 3.06. The molecular weight excluding hydrogens is 306 g/mol. The van der Waals surface area contributed by atoms with Crippen LogP contribution in [0, 0.1) is 24.7 Å². The third-order valence-corrected chi connectivity index (χ3v) is 4.74. The fourth-order valence-corrected chi connectivity index (χ4v) is 3.70. The first-order valence-corrected chi connectivity index (χ1v) is 8.71. The molecule has 6 nitrogen and oxygen atoms in total. The van der Waals surface area contributed by atoms with Crippen LogP contribution in [0.2, 0.25) is 0 Å². The van der Waals surface area contributed by atoms with Gasteiger partial charge in [0.1, 0.15) is 5.60 Å². The topological polar surface area (TPSA) is 64.5 Å². The van der Waals surface area contributed by atoms with Crippen molar-refractivity contribution in [2.45, 2.75) is 46.1 Å². The number of amides is 1. The van der Waals surface area contributed by atoms with E-state index >= 15 is 0 Å². The molecule has 1 saturated carbocycles. The number of carbonyl (C=O) groups excluding carboxylic acids is 1. The highest BCUT2D eigenvalue weighted by Gasteiger charge is 2.43. The van der Waals surface area contributed by atoms with Crippen molar-refractivity contribution in [2.75, 3.05) is 19.7 Å². The Hall–Kier alpha value is -1.85. The van der Waals surface area contributed by atoms with Crippen molar-refractivity contribution in [3.63, 3.8) is 0 Å². The summed E-state index contributed by atoms with van der Waals surface area (Å²) >= 11 is 0. The van der Waals surface area contributed by atoms with Crippen LogP contribution in [0.25, 0.3) is 0 Å². The number of aromatic nitrogens is 2. The minimum absolute atomic E-state index is 0.181. The number of fused-ring (bicyclic) bond motifs is 1. The molecule has 6 heteroatoms. The second-order valence-corrected chi connectivity index (χ2v) is 8.07. The molecule has 132 valence electrons. The Kier molecular flexibility index (Phi) is 4.65. The third-order valence-electron chi connectivity index (χ3n) is 4.74. The van der Waals surface area contributed by atoms with Crippen LogP contribution in [0.1, 0.15) is 39.3 Å². The Bertz CT molecular complexity index is 568. The van der Waals surface area contributed by atoms with Crippen LogP contribution in [-0.2, 0) is 4.74 Å². The maximum absolute atomic E-state index is 12.2. The average Bonchev–Trinajstić information content (AvgIpc) is 3.03. The van der Waals surface area contributed by atoms with Crippen LogP contribution in [0.15, 0.2) is 12.1 Å². The number of carbonyl (C=O) groups is 1. The van der Waals surface area contributed by atoms with Gasteiger partial charge in [-0.05, 0) is 64.4 Å². The van der Waals surface area contributed by atoms with E-state index in [0.29, 0.717) is 30.2 Å². The van der Waals surface area contributed by atoms with E-state index in [9.17, 15) is 4.79 Å². The predicted molar refractivity (Wildman–Crippen MR) is 89.8 cm³/mol. The second kappa shape index (κ2) is 6.57. The molecule has 2 heterocycles. The average molecular weight is 333 g/mol. The molecule has 0 spiro atoms. The highest BCUT2D eigenvalue weighted by molar-refractivity contribution is 5.68. The molecule has 1 aromatic heterocycles. The Balaban J connectivity index is 1.45. The summed E-state index contributed by atoms with van der Waals surface area (Å²) in [6, 6.07) is 3.77. The van der Waals surface area contributed by atoms with Crippen molar-refractivity contribution in [1.29, 1.82) is 0 Å². The van der Waals surface area contributed by atoms with Gasteiger partial charge in [0.2, 0.25) is 5.88 Å². The quantitative estimate of drug-likeness (QED) is 0.850. The smallest absolute Gasteiger partial charge is 0.410 e. The van der Waals surface area contributed by atoms with E-state index in [1.807, 2.05) is 44.7 Å². The molecule has 1 aromatic rings. The fraction of sp³-hybridized carbons (Fsp3) is 0.722. The van der Waals surface area contributed by atoms with E-state index in [0.717, 1.165) is 31.6 Å². The van der Waals surface area contributed by atoms with Gasteiger partial charge in [-0.1, -0.05) is 0 Å². The highest BCUT2D eigenvalue weighted by Crippen LogP contribution is 2.41. The van der Waals surface area contributed by atoms with E-state index in [1.165, 1.54) is 0 Å². The van der Waals surface area contributed by atoms with Crippen LogP contribution >= 0.6 is 0 Å². The summed E-state index contributed by atoms with van der Waals surface area (Å²) in [6.07, 6.45) is 2.02. The van der Waals surface area contributed by atoms with Crippen molar-refractivity contribution < 1.29 is 14.3 Å². The molecule has 3 rings (SSSR count). The lowest BCUT2D eigenvalue weighted by Gasteiger charge is -2.25. The third kappa shape index (κ3) is 4.16. The van der Waals surface area contributed by atoms with Gasteiger partial charge in [0.25, 0.3) is 0 Å². The molecule has 3 atom stereocenters. The van der Waals surface area contributed by atoms with E-state index in [4.69, 9.17) is 9.47 Å². The molecular formula is C18H27N3O3. The number of rotatable bonds is 3. The normalized spacial score (nSPS) is 26.3. The molecule has 24 heavy (non-hydrogen) atoms. The van der Waals surface area contributed by atoms with Gasteiger partial charge in [-0.25, -0.2) is 4.79 Å².